The summed E-state index contributed by atoms with van der Waals surface area (Å²) in [4.78, 5) is 15.3. The Hall–Kier alpha value is -1.29. The Morgan fingerprint density at radius 1 is 1.08 bits per heavy atom. The molecule has 3 N–H and O–H groups in total. The lowest BCUT2D eigenvalue weighted by atomic mass is 10.4. The lowest BCUT2D eigenvalue weighted by Crippen LogP contribution is -2.33. The van der Waals surface area contributed by atoms with Crippen molar-refractivity contribution >= 4 is 28.6 Å². The molecule has 0 aliphatic carbocycles. The minimum Gasteiger partial charge on any atom is -0.481 e. The van der Waals surface area contributed by atoms with E-state index < -0.39 is 5.97 Å². The van der Waals surface area contributed by atoms with E-state index in [0.29, 0.717) is 26.6 Å². The van der Waals surface area contributed by atoms with Gasteiger partial charge in [0.05, 0.1) is 19.8 Å². The second-order valence-electron chi connectivity index (χ2n) is 5.50. The van der Waals surface area contributed by atoms with Gasteiger partial charge in [0.2, 0.25) is 0 Å². The molecule has 0 spiro atoms. The third-order valence-corrected chi connectivity index (χ3v) is 5.10. The first kappa shape index (κ1) is 20.0. The van der Waals surface area contributed by atoms with Crippen molar-refractivity contribution < 1.29 is 14.6 Å². The lowest BCUT2D eigenvalue weighted by Gasteiger charge is -2.21. The highest BCUT2D eigenvalue weighted by Gasteiger charge is 2.08. The van der Waals surface area contributed by atoms with Crippen LogP contribution in [-0.4, -0.2) is 49.1 Å². The van der Waals surface area contributed by atoms with Crippen LogP contribution in [0.3, 0.4) is 0 Å². The van der Waals surface area contributed by atoms with E-state index in [1.807, 2.05) is 0 Å². The SMILES string of the molecule is O=C(O)CCNCNCCOCN(Cc1cccs1)Cc1cccs1. The molecule has 0 aliphatic heterocycles. The van der Waals surface area contributed by atoms with Crippen molar-refractivity contribution in [2.45, 2.75) is 19.5 Å². The number of hydrogen-bond donors (Lipinski definition) is 3. The number of carboxylic acid groups (broad SMARTS) is 1. The number of nitrogens with one attached hydrogen (secondary N) is 2. The molecular formula is C17H25N3O3S2. The van der Waals surface area contributed by atoms with E-state index in [4.69, 9.17) is 9.84 Å². The summed E-state index contributed by atoms with van der Waals surface area (Å²) in [7, 11) is 0. The molecule has 0 bridgehead atoms. The van der Waals surface area contributed by atoms with Gasteiger partial charge in [0, 0.05) is 42.6 Å². The van der Waals surface area contributed by atoms with Crippen molar-refractivity contribution in [1.82, 2.24) is 15.5 Å². The van der Waals surface area contributed by atoms with Gasteiger partial charge in [-0.05, 0) is 22.9 Å². The van der Waals surface area contributed by atoms with Crippen LogP contribution in [0.1, 0.15) is 16.2 Å². The second-order valence-corrected chi connectivity index (χ2v) is 7.57. The highest BCUT2D eigenvalue weighted by Crippen LogP contribution is 2.16. The van der Waals surface area contributed by atoms with Crippen LogP contribution in [0.15, 0.2) is 35.0 Å². The zero-order valence-electron chi connectivity index (χ0n) is 14.1. The molecule has 0 unspecified atom stereocenters. The number of nitrogens with zero attached hydrogens (tertiary/aromatic N) is 1. The van der Waals surface area contributed by atoms with E-state index in [0.717, 1.165) is 19.6 Å². The van der Waals surface area contributed by atoms with E-state index >= 15 is 0 Å². The maximum atomic E-state index is 10.4. The Morgan fingerprint density at radius 3 is 2.28 bits per heavy atom. The number of ether oxygens (including phenoxy) is 1. The van der Waals surface area contributed by atoms with Crippen molar-refractivity contribution in [3.8, 4) is 0 Å². The largest absolute Gasteiger partial charge is 0.481 e. The molecular weight excluding hydrogens is 358 g/mol. The maximum Gasteiger partial charge on any atom is 0.304 e. The molecule has 0 aromatic carbocycles. The molecule has 2 heterocycles. The van der Waals surface area contributed by atoms with Gasteiger partial charge in [0.1, 0.15) is 0 Å². The van der Waals surface area contributed by atoms with Gasteiger partial charge in [0.25, 0.3) is 0 Å². The Kier molecular flexibility index (Phi) is 9.71. The Labute approximate surface area is 156 Å². The van der Waals surface area contributed by atoms with Gasteiger partial charge in [-0.3, -0.25) is 9.69 Å². The number of carbonyl (C=O) groups is 1. The van der Waals surface area contributed by atoms with Gasteiger partial charge in [0.15, 0.2) is 0 Å². The first-order valence-corrected chi connectivity index (χ1v) is 9.98. The topological polar surface area (TPSA) is 73.8 Å². The Balaban J connectivity index is 1.59. The summed E-state index contributed by atoms with van der Waals surface area (Å²) >= 11 is 3.53. The molecule has 0 aliphatic rings. The van der Waals surface area contributed by atoms with Gasteiger partial charge in [-0.1, -0.05) is 12.1 Å². The van der Waals surface area contributed by atoms with Crippen molar-refractivity contribution in [3.63, 3.8) is 0 Å². The molecule has 138 valence electrons. The zero-order valence-corrected chi connectivity index (χ0v) is 15.8. The fourth-order valence-electron chi connectivity index (χ4n) is 2.19. The van der Waals surface area contributed by atoms with E-state index in [2.05, 4.69) is 50.6 Å². The van der Waals surface area contributed by atoms with Crippen LogP contribution < -0.4 is 10.6 Å². The summed E-state index contributed by atoms with van der Waals surface area (Å²) in [6.45, 7) is 4.77. The van der Waals surface area contributed by atoms with E-state index in [1.54, 1.807) is 22.7 Å². The van der Waals surface area contributed by atoms with Crippen molar-refractivity contribution in [3.05, 3.63) is 44.8 Å². The number of hydrogen-bond acceptors (Lipinski definition) is 7. The molecule has 2 aromatic rings. The number of thiophene rings is 2. The van der Waals surface area contributed by atoms with Crippen molar-refractivity contribution in [2.75, 3.05) is 33.1 Å². The van der Waals surface area contributed by atoms with Crippen molar-refractivity contribution in [2.24, 2.45) is 0 Å². The molecule has 2 rings (SSSR count). The number of carboxylic acids is 1. The second kappa shape index (κ2) is 12.1. The lowest BCUT2D eigenvalue weighted by molar-refractivity contribution is -0.136. The predicted octanol–water partition coefficient (Wildman–Crippen LogP) is 2.40. The fraction of sp³-hybridized carbons (Fsp3) is 0.471. The summed E-state index contributed by atoms with van der Waals surface area (Å²) in [5.74, 6) is -0.785. The number of rotatable bonds is 14. The van der Waals surface area contributed by atoms with E-state index in [-0.39, 0.29) is 6.42 Å². The van der Waals surface area contributed by atoms with Crippen molar-refractivity contribution in [1.29, 1.82) is 0 Å². The molecule has 8 heteroatoms. The quantitative estimate of drug-likeness (QED) is 0.344. The molecule has 0 saturated carbocycles. The minimum atomic E-state index is -0.785. The first-order chi connectivity index (χ1) is 12.2. The molecule has 2 aromatic heterocycles. The van der Waals surface area contributed by atoms with Crippen LogP contribution in [0, 0.1) is 0 Å². The molecule has 0 radical (unpaired) electrons. The van der Waals surface area contributed by atoms with Crippen LogP contribution in [-0.2, 0) is 22.6 Å². The molecule has 0 amide bonds. The first-order valence-electron chi connectivity index (χ1n) is 8.22. The summed E-state index contributed by atoms with van der Waals surface area (Å²) in [6, 6.07) is 8.45. The summed E-state index contributed by atoms with van der Waals surface area (Å²) in [5.41, 5.74) is 0. The zero-order chi connectivity index (χ0) is 17.7. The monoisotopic (exact) mass is 383 g/mol. The molecule has 25 heavy (non-hydrogen) atoms. The smallest absolute Gasteiger partial charge is 0.304 e. The van der Waals surface area contributed by atoms with Crippen LogP contribution in [0.5, 0.6) is 0 Å². The van der Waals surface area contributed by atoms with E-state index in [1.165, 1.54) is 9.75 Å². The highest BCUT2D eigenvalue weighted by atomic mass is 32.1. The minimum absolute atomic E-state index is 0.137. The summed E-state index contributed by atoms with van der Waals surface area (Å²) < 4.78 is 5.79. The highest BCUT2D eigenvalue weighted by molar-refractivity contribution is 7.10. The molecule has 0 fully saturated rings. The third-order valence-electron chi connectivity index (χ3n) is 3.38. The molecule has 0 atom stereocenters. The average Bonchev–Trinajstić information content (AvgIpc) is 3.26. The van der Waals surface area contributed by atoms with Gasteiger partial charge < -0.3 is 20.5 Å². The van der Waals surface area contributed by atoms with Gasteiger partial charge >= 0.3 is 5.97 Å². The van der Waals surface area contributed by atoms with Crippen LogP contribution in [0.4, 0.5) is 0 Å². The molecule has 0 saturated heterocycles. The summed E-state index contributed by atoms with van der Waals surface area (Å²) in [5, 5.41) is 18.9. The van der Waals surface area contributed by atoms with Crippen LogP contribution in [0.25, 0.3) is 0 Å². The maximum absolute atomic E-state index is 10.4. The fourth-order valence-corrected chi connectivity index (χ4v) is 3.68. The molecule has 6 nitrogen and oxygen atoms in total. The third kappa shape index (κ3) is 9.10. The van der Waals surface area contributed by atoms with Crippen LogP contribution in [0.2, 0.25) is 0 Å². The van der Waals surface area contributed by atoms with Gasteiger partial charge in [-0.15, -0.1) is 22.7 Å². The Bertz CT molecular complexity index is 540. The van der Waals surface area contributed by atoms with Crippen LogP contribution >= 0.6 is 22.7 Å². The predicted molar refractivity (Wildman–Crippen MR) is 102 cm³/mol. The summed E-state index contributed by atoms with van der Waals surface area (Å²) in [6.07, 6.45) is 0.137. The number of aliphatic carboxylic acids is 1. The van der Waals surface area contributed by atoms with Gasteiger partial charge in [-0.2, -0.15) is 0 Å². The Morgan fingerprint density at radius 2 is 1.72 bits per heavy atom. The normalized spacial score (nSPS) is 11.2. The van der Waals surface area contributed by atoms with E-state index in [9.17, 15) is 4.79 Å². The van der Waals surface area contributed by atoms with Gasteiger partial charge in [-0.25, -0.2) is 0 Å². The standard InChI is InChI=1S/C17H25N3O3S2/c21-17(22)5-6-18-13-19-7-8-23-14-20(11-15-3-1-9-24-15)12-16-4-2-10-25-16/h1-4,9-10,18-19H,5-8,11-14H2,(H,21,22). The average molecular weight is 384 g/mol.